The number of esters is 1. The lowest BCUT2D eigenvalue weighted by Crippen LogP contribution is -2.77. The number of rotatable bonds is 11. The van der Waals surface area contributed by atoms with Crippen molar-refractivity contribution >= 4 is 5.97 Å². The van der Waals surface area contributed by atoms with Crippen molar-refractivity contribution in [1.82, 2.24) is 0 Å². The molecule has 0 fully saturated rings. The van der Waals surface area contributed by atoms with Crippen LogP contribution < -0.4 is 0 Å². The molecule has 0 heterocycles. The van der Waals surface area contributed by atoms with Crippen molar-refractivity contribution < 1.29 is 92.9 Å². The predicted molar refractivity (Wildman–Crippen MR) is 85.2 cm³/mol. The highest BCUT2D eigenvalue weighted by Crippen LogP contribution is 2.66. The number of carbonyl (C=O) groups excluding carboxylic acids is 1. The van der Waals surface area contributed by atoms with Crippen molar-refractivity contribution in [3.63, 3.8) is 0 Å². The summed E-state index contributed by atoms with van der Waals surface area (Å²) in [7, 11) is 0. The molecule has 0 aromatic carbocycles. The molecule has 0 aromatic heterocycles. The van der Waals surface area contributed by atoms with Crippen LogP contribution in [0.25, 0.3) is 0 Å². The number of halogens is 19. The molecule has 0 aromatic rings. The van der Waals surface area contributed by atoms with Crippen LogP contribution in [0.15, 0.2) is 12.2 Å². The Morgan fingerprint density at radius 2 is 0.947 bits per heavy atom. The number of carbonyl (C=O) groups is 1. The topological polar surface area (TPSA) is 26.3 Å². The number of ether oxygens (including phenoxy) is 1. The van der Waals surface area contributed by atoms with Gasteiger partial charge in [0.15, 0.2) is 0 Å². The highest BCUT2D eigenvalue weighted by molar-refractivity contribution is 5.87. The van der Waals surface area contributed by atoms with E-state index in [0.29, 0.717) is 6.92 Å². The van der Waals surface area contributed by atoms with E-state index in [4.69, 9.17) is 0 Å². The normalized spacial score (nSPS) is 16.3. The van der Waals surface area contributed by atoms with E-state index >= 15 is 0 Å². The first-order valence-corrected chi connectivity index (χ1v) is 9.18. The average Bonchev–Trinajstić information content (AvgIpc) is 2.68. The molecule has 0 saturated heterocycles. The maximum Gasteiger partial charge on any atom is 0.438 e. The molecule has 226 valence electrons. The Bertz CT molecular complexity index is 869. The van der Waals surface area contributed by atoms with Gasteiger partial charge in [0, 0.05) is 12.0 Å². The van der Waals surface area contributed by atoms with E-state index in [9.17, 15) is 88.2 Å². The summed E-state index contributed by atoms with van der Waals surface area (Å²) in [5.74, 6) is -51.5. The SMILES string of the molecule is C=C(C)C(=O)OC(C)CCC(F)(F)C(F)(F)C(F)(F)C(F)(F)C(F)(F)C(F)(F)C(F)(C(F)(F)F)C(F)(F)F. The molecular formula is C17H13F19O2. The van der Waals surface area contributed by atoms with Gasteiger partial charge in [-0.05, 0) is 20.3 Å². The molecule has 0 aliphatic heterocycles. The van der Waals surface area contributed by atoms with Crippen molar-refractivity contribution in [2.45, 2.75) is 86.3 Å². The molecule has 0 rings (SSSR count). The Balaban J connectivity index is 6.65. The van der Waals surface area contributed by atoms with Crippen LogP contribution in [0.5, 0.6) is 0 Å². The molecule has 0 aliphatic carbocycles. The van der Waals surface area contributed by atoms with Crippen molar-refractivity contribution in [3.8, 4) is 0 Å². The second-order valence-electron chi connectivity index (χ2n) is 7.77. The summed E-state index contributed by atoms with van der Waals surface area (Å²) in [6.45, 7) is 4.56. The molecular weight excluding hydrogens is 597 g/mol. The first-order chi connectivity index (χ1) is 16.2. The van der Waals surface area contributed by atoms with Crippen LogP contribution in [0.1, 0.15) is 26.7 Å². The van der Waals surface area contributed by atoms with Gasteiger partial charge in [-0.25, -0.2) is 9.18 Å². The van der Waals surface area contributed by atoms with E-state index in [0.717, 1.165) is 6.92 Å². The lowest BCUT2D eigenvalue weighted by atomic mass is 9.83. The molecule has 1 unspecified atom stereocenters. The van der Waals surface area contributed by atoms with Gasteiger partial charge in [-0.1, -0.05) is 6.58 Å². The van der Waals surface area contributed by atoms with E-state index in [2.05, 4.69) is 11.3 Å². The van der Waals surface area contributed by atoms with Gasteiger partial charge >= 0.3 is 59.5 Å². The fraction of sp³-hybridized carbons (Fsp3) is 0.824. The van der Waals surface area contributed by atoms with E-state index in [-0.39, 0.29) is 0 Å². The molecule has 0 saturated carbocycles. The quantitative estimate of drug-likeness (QED) is 0.135. The monoisotopic (exact) mass is 610 g/mol. The summed E-state index contributed by atoms with van der Waals surface area (Å²) in [5, 5.41) is 0. The van der Waals surface area contributed by atoms with Crippen LogP contribution in [-0.2, 0) is 9.53 Å². The predicted octanol–water partition coefficient (Wildman–Crippen LogP) is 7.92. The second kappa shape index (κ2) is 9.81. The molecule has 2 nitrogen and oxygen atoms in total. The van der Waals surface area contributed by atoms with Crippen LogP contribution >= 0.6 is 0 Å². The third-order valence-corrected chi connectivity index (χ3v) is 4.77. The molecule has 0 spiro atoms. The van der Waals surface area contributed by atoms with Crippen LogP contribution in [0.2, 0.25) is 0 Å². The first kappa shape index (κ1) is 35.9. The molecule has 1 atom stereocenters. The maximum absolute atomic E-state index is 13.8. The third-order valence-electron chi connectivity index (χ3n) is 4.77. The molecule has 0 bridgehead atoms. The molecule has 0 amide bonds. The summed E-state index contributed by atoms with van der Waals surface area (Å²) < 4.78 is 256. The highest BCUT2D eigenvalue weighted by Gasteiger charge is 2.98. The second-order valence-corrected chi connectivity index (χ2v) is 7.77. The van der Waals surface area contributed by atoms with Crippen LogP contribution in [0, 0.1) is 0 Å². The minimum Gasteiger partial charge on any atom is -0.459 e. The van der Waals surface area contributed by atoms with Gasteiger partial charge in [-0.15, -0.1) is 0 Å². The highest BCUT2D eigenvalue weighted by atomic mass is 19.4. The van der Waals surface area contributed by atoms with Gasteiger partial charge < -0.3 is 4.74 Å². The van der Waals surface area contributed by atoms with Gasteiger partial charge in [0.05, 0.1) is 6.10 Å². The zero-order valence-corrected chi connectivity index (χ0v) is 18.2. The maximum atomic E-state index is 13.8. The summed E-state index contributed by atoms with van der Waals surface area (Å²) in [5.41, 5.74) is -9.21. The van der Waals surface area contributed by atoms with Crippen molar-refractivity contribution in [2.75, 3.05) is 0 Å². The summed E-state index contributed by atoms with van der Waals surface area (Å²) in [6.07, 6.45) is -23.0. The number of alkyl halides is 19. The van der Waals surface area contributed by atoms with Gasteiger partial charge in [0.2, 0.25) is 0 Å². The Labute approximate surface area is 198 Å². The summed E-state index contributed by atoms with van der Waals surface area (Å²) in [4.78, 5) is 11.2. The Morgan fingerprint density at radius 1 is 0.632 bits per heavy atom. The smallest absolute Gasteiger partial charge is 0.438 e. The van der Waals surface area contributed by atoms with Crippen molar-refractivity contribution in [1.29, 1.82) is 0 Å². The number of hydrogen-bond donors (Lipinski definition) is 0. The van der Waals surface area contributed by atoms with E-state index in [1.54, 1.807) is 0 Å². The van der Waals surface area contributed by atoms with Gasteiger partial charge in [0.1, 0.15) is 0 Å². The largest absolute Gasteiger partial charge is 0.459 e. The van der Waals surface area contributed by atoms with Gasteiger partial charge in [-0.2, -0.15) is 79.0 Å². The first-order valence-electron chi connectivity index (χ1n) is 9.18. The Kier molecular flexibility index (Phi) is 9.26. The minimum atomic E-state index is -9.05. The molecule has 0 N–H and O–H groups in total. The zero-order chi connectivity index (χ0) is 31.4. The zero-order valence-electron chi connectivity index (χ0n) is 18.2. The van der Waals surface area contributed by atoms with Crippen molar-refractivity contribution in [3.05, 3.63) is 12.2 Å². The van der Waals surface area contributed by atoms with Crippen LogP contribution in [0.4, 0.5) is 83.4 Å². The molecule has 38 heavy (non-hydrogen) atoms. The fourth-order valence-electron chi connectivity index (χ4n) is 2.44. The third kappa shape index (κ3) is 5.21. The Morgan fingerprint density at radius 3 is 1.26 bits per heavy atom. The summed E-state index contributed by atoms with van der Waals surface area (Å²) in [6, 6.07) is 0. The fourth-order valence-corrected chi connectivity index (χ4v) is 2.44. The summed E-state index contributed by atoms with van der Waals surface area (Å²) >= 11 is 0. The van der Waals surface area contributed by atoms with E-state index in [1.807, 2.05) is 0 Å². The van der Waals surface area contributed by atoms with Crippen molar-refractivity contribution in [2.24, 2.45) is 0 Å². The van der Waals surface area contributed by atoms with Gasteiger partial charge in [0.25, 0.3) is 0 Å². The average molecular weight is 610 g/mol. The Hall–Kier alpha value is -2.12. The van der Waals surface area contributed by atoms with E-state index < -0.39 is 84.0 Å². The minimum absolute atomic E-state index is 0.440. The molecule has 21 heteroatoms. The lowest BCUT2D eigenvalue weighted by Gasteiger charge is -2.45. The standard InChI is InChI=1S/C17H13F19O2/c1-6(2)8(37)38-7(3)4-5-9(18,19)11(21,22)13(25,26)15(29,30)14(27,28)12(23,24)10(20,16(31,32)33)17(34,35)36/h7H,1,4-5H2,2-3H3. The molecule has 0 aliphatic rings. The van der Waals surface area contributed by atoms with E-state index in [1.165, 1.54) is 0 Å². The van der Waals surface area contributed by atoms with Gasteiger partial charge in [-0.3, -0.25) is 0 Å². The van der Waals surface area contributed by atoms with Crippen LogP contribution in [-0.4, -0.2) is 65.6 Å². The molecule has 0 radical (unpaired) electrons. The van der Waals surface area contributed by atoms with Crippen LogP contribution in [0.3, 0.4) is 0 Å². The number of hydrogen-bond acceptors (Lipinski definition) is 2. The lowest BCUT2D eigenvalue weighted by molar-refractivity contribution is -0.472.